The van der Waals surface area contributed by atoms with Crippen molar-refractivity contribution in [3.05, 3.63) is 35.7 Å². The number of tetrazole rings is 1. The second kappa shape index (κ2) is 6.64. The summed E-state index contributed by atoms with van der Waals surface area (Å²) in [6, 6.07) is 7.63. The zero-order valence-corrected chi connectivity index (χ0v) is 15.5. The number of carbonyl (C=O) groups is 2. The van der Waals surface area contributed by atoms with Gasteiger partial charge in [0.05, 0.1) is 25.2 Å². The molecule has 2 aromatic rings. The summed E-state index contributed by atoms with van der Waals surface area (Å²) in [4.78, 5) is 27.9. The number of hydrogen-bond acceptors (Lipinski definition) is 6. The van der Waals surface area contributed by atoms with E-state index in [0.29, 0.717) is 31.9 Å². The lowest BCUT2D eigenvalue weighted by Crippen LogP contribution is -2.52. The number of amides is 2. The summed E-state index contributed by atoms with van der Waals surface area (Å²) in [6.07, 6.45) is 1.64. The maximum atomic E-state index is 12.8. The third-order valence-corrected chi connectivity index (χ3v) is 5.19. The second-order valence-electron chi connectivity index (χ2n) is 7.31. The van der Waals surface area contributed by atoms with Gasteiger partial charge in [-0.25, -0.2) is 4.79 Å². The van der Waals surface area contributed by atoms with Crippen LogP contribution in [0.1, 0.15) is 24.2 Å². The van der Waals surface area contributed by atoms with Crippen molar-refractivity contribution < 1.29 is 14.3 Å². The second-order valence-corrected chi connectivity index (χ2v) is 7.31. The summed E-state index contributed by atoms with van der Waals surface area (Å²) in [6.45, 7) is 3.53. The highest BCUT2D eigenvalue weighted by molar-refractivity contribution is 5.79. The molecule has 2 fully saturated rings. The van der Waals surface area contributed by atoms with Crippen molar-refractivity contribution in [1.29, 1.82) is 0 Å². The zero-order chi connectivity index (χ0) is 19.0. The molecule has 142 valence electrons. The number of aromatic nitrogens is 4. The summed E-state index contributed by atoms with van der Waals surface area (Å²) < 4.78 is 7.22. The Hall–Kier alpha value is -2.97. The normalized spacial score (nSPS) is 22.4. The van der Waals surface area contributed by atoms with Gasteiger partial charge >= 0.3 is 6.09 Å². The lowest BCUT2D eigenvalue weighted by molar-refractivity contribution is -0.136. The Morgan fingerprint density at radius 2 is 2.04 bits per heavy atom. The molecule has 0 saturated carbocycles. The first-order valence-corrected chi connectivity index (χ1v) is 9.02. The van der Waals surface area contributed by atoms with Gasteiger partial charge in [0, 0.05) is 13.6 Å². The number of rotatable bonds is 3. The number of hydrogen-bond donors (Lipinski definition) is 0. The van der Waals surface area contributed by atoms with Gasteiger partial charge in [0.25, 0.3) is 0 Å². The van der Waals surface area contributed by atoms with Crippen LogP contribution in [0.25, 0.3) is 5.69 Å². The van der Waals surface area contributed by atoms with Crippen molar-refractivity contribution in [2.24, 2.45) is 0 Å². The largest absolute Gasteiger partial charge is 0.439 e. The molecule has 2 aliphatic heterocycles. The highest BCUT2D eigenvalue weighted by Gasteiger charge is 2.47. The molecular weight excluding hydrogens is 348 g/mol. The van der Waals surface area contributed by atoms with E-state index < -0.39 is 5.60 Å². The quantitative estimate of drug-likeness (QED) is 0.799. The first-order chi connectivity index (χ1) is 13.0. The number of piperidine rings is 1. The molecule has 1 atom stereocenters. The minimum absolute atomic E-state index is 0.0473. The van der Waals surface area contributed by atoms with Gasteiger partial charge in [-0.3, -0.25) is 4.79 Å². The Kier molecular flexibility index (Phi) is 4.29. The fourth-order valence-corrected chi connectivity index (χ4v) is 3.83. The number of ether oxygens (including phenoxy) is 1. The molecule has 4 rings (SSSR count). The molecule has 1 aromatic heterocycles. The molecule has 0 unspecified atom stereocenters. The van der Waals surface area contributed by atoms with Crippen LogP contribution >= 0.6 is 0 Å². The standard InChI is InChI=1S/C18H22N6O3/c1-13-19-20-21-24(13)15-6-4-14(5-7-15)10-16(25)23-9-3-8-18(12-23)11-22(2)17(26)27-18/h4-7H,3,8-12H2,1-2H3/t18-/m1/s1. The van der Waals surface area contributed by atoms with Crippen LogP contribution < -0.4 is 0 Å². The van der Waals surface area contributed by atoms with Crippen LogP contribution in [-0.2, 0) is 16.0 Å². The van der Waals surface area contributed by atoms with Crippen LogP contribution in [0.5, 0.6) is 0 Å². The van der Waals surface area contributed by atoms with E-state index in [4.69, 9.17) is 4.74 Å². The molecule has 2 aliphatic rings. The SMILES string of the molecule is Cc1nnnn1-c1ccc(CC(=O)N2CCC[C@@]3(CN(C)C(=O)O3)C2)cc1. The topological polar surface area (TPSA) is 93.5 Å². The summed E-state index contributed by atoms with van der Waals surface area (Å²) in [5.74, 6) is 0.750. The number of benzene rings is 1. The van der Waals surface area contributed by atoms with Gasteiger partial charge in [-0.2, -0.15) is 4.68 Å². The highest BCUT2D eigenvalue weighted by atomic mass is 16.6. The molecule has 9 nitrogen and oxygen atoms in total. The maximum absolute atomic E-state index is 12.8. The molecule has 0 radical (unpaired) electrons. The van der Waals surface area contributed by atoms with E-state index in [9.17, 15) is 9.59 Å². The number of likely N-dealkylation sites (N-methyl/N-ethyl adjacent to an activating group) is 1. The summed E-state index contributed by atoms with van der Waals surface area (Å²) in [5, 5.41) is 11.4. The molecule has 1 spiro atoms. The Labute approximate surface area is 156 Å². The fourth-order valence-electron chi connectivity index (χ4n) is 3.83. The number of aryl methyl sites for hydroxylation is 1. The van der Waals surface area contributed by atoms with Gasteiger partial charge < -0.3 is 14.5 Å². The van der Waals surface area contributed by atoms with Gasteiger partial charge in [-0.05, 0) is 47.9 Å². The summed E-state index contributed by atoms with van der Waals surface area (Å²) in [5.41, 5.74) is 1.22. The third kappa shape index (κ3) is 3.36. The number of carbonyl (C=O) groups excluding carboxylic acids is 2. The molecule has 2 amide bonds. The lowest BCUT2D eigenvalue weighted by Gasteiger charge is -2.38. The van der Waals surface area contributed by atoms with Gasteiger partial charge in [0.15, 0.2) is 5.82 Å². The number of nitrogens with zero attached hydrogens (tertiary/aromatic N) is 6. The lowest BCUT2D eigenvalue weighted by atomic mass is 9.92. The molecule has 2 saturated heterocycles. The minimum atomic E-state index is -0.554. The van der Waals surface area contributed by atoms with Crippen molar-refractivity contribution in [3.63, 3.8) is 0 Å². The van der Waals surface area contributed by atoms with Gasteiger partial charge in [0.2, 0.25) is 5.91 Å². The van der Waals surface area contributed by atoms with Crippen LogP contribution in [-0.4, -0.2) is 74.3 Å². The molecule has 3 heterocycles. The van der Waals surface area contributed by atoms with Gasteiger partial charge in [-0.15, -0.1) is 5.10 Å². The monoisotopic (exact) mass is 370 g/mol. The zero-order valence-electron chi connectivity index (χ0n) is 15.5. The highest BCUT2D eigenvalue weighted by Crippen LogP contribution is 2.31. The van der Waals surface area contributed by atoms with Crippen molar-refractivity contribution in [2.75, 3.05) is 26.7 Å². The fraction of sp³-hybridized carbons (Fsp3) is 0.500. The van der Waals surface area contributed by atoms with E-state index in [1.807, 2.05) is 36.1 Å². The van der Waals surface area contributed by atoms with Crippen LogP contribution in [0.3, 0.4) is 0 Å². The van der Waals surface area contributed by atoms with E-state index in [1.165, 1.54) is 0 Å². The average molecular weight is 370 g/mol. The van der Waals surface area contributed by atoms with E-state index in [-0.39, 0.29) is 12.0 Å². The number of likely N-dealkylation sites (tertiary alicyclic amines) is 1. The Morgan fingerprint density at radius 1 is 1.26 bits per heavy atom. The van der Waals surface area contributed by atoms with Crippen LogP contribution in [0.15, 0.2) is 24.3 Å². The average Bonchev–Trinajstić information content (AvgIpc) is 3.19. The molecule has 0 N–H and O–H groups in total. The molecular formula is C18H22N6O3. The Morgan fingerprint density at radius 3 is 2.67 bits per heavy atom. The predicted octanol–water partition coefficient (Wildman–Crippen LogP) is 0.956. The predicted molar refractivity (Wildman–Crippen MR) is 95.3 cm³/mol. The van der Waals surface area contributed by atoms with E-state index in [0.717, 1.165) is 24.1 Å². The summed E-state index contributed by atoms with van der Waals surface area (Å²) in [7, 11) is 1.73. The van der Waals surface area contributed by atoms with Crippen molar-refractivity contribution in [2.45, 2.75) is 31.8 Å². The van der Waals surface area contributed by atoms with Crippen LogP contribution in [0.4, 0.5) is 4.79 Å². The smallest absolute Gasteiger partial charge is 0.410 e. The van der Waals surface area contributed by atoms with Crippen LogP contribution in [0, 0.1) is 6.92 Å². The van der Waals surface area contributed by atoms with Gasteiger partial charge in [-0.1, -0.05) is 12.1 Å². The third-order valence-electron chi connectivity index (χ3n) is 5.19. The van der Waals surface area contributed by atoms with Crippen molar-refractivity contribution >= 4 is 12.0 Å². The van der Waals surface area contributed by atoms with E-state index in [2.05, 4.69) is 15.5 Å². The first-order valence-electron chi connectivity index (χ1n) is 9.02. The van der Waals surface area contributed by atoms with E-state index >= 15 is 0 Å². The van der Waals surface area contributed by atoms with Crippen molar-refractivity contribution in [1.82, 2.24) is 30.0 Å². The minimum Gasteiger partial charge on any atom is -0.439 e. The van der Waals surface area contributed by atoms with E-state index in [1.54, 1.807) is 16.6 Å². The Bertz CT molecular complexity index is 864. The molecule has 9 heteroatoms. The van der Waals surface area contributed by atoms with Crippen molar-refractivity contribution in [3.8, 4) is 5.69 Å². The maximum Gasteiger partial charge on any atom is 0.410 e. The molecule has 27 heavy (non-hydrogen) atoms. The Balaban J connectivity index is 1.42. The van der Waals surface area contributed by atoms with Gasteiger partial charge in [0.1, 0.15) is 5.60 Å². The molecule has 0 bridgehead atoms. The first kappa shape index (κ1) is 17.4. The van der Waals surface area contributed by atoms with Crippen LogP contribution in [0.2, 0.25) is 0 Å². The summed E-state index contributed by atoms with van der Waals surface area (Å²) >= 11 is 0. The molecule has 1 aromatic carbocycles. The molecule has 0 aliphatic carbocycles.